The van der Waals surface area contributed by atoms with Crippen molar-refractivity contribution in [2.24, 2.45) is 0 Å². The SMILES string of the molecule is Cc1onc(-c2ccccc2)c1-c1nnc(CSCc2c(Cl)cccc2Cl)o1. The molecule has 0 atom stereocenters. The van der Waals surface area contributed by atoms with E-state index in [0.29, 0.717) is 50.4 Å². The van der Waals surface area contributed by atoms with Crippen LogP contribution < -0.4 is 0 Å². The number of aryl methyl sites for hydroxylation is 1. The van der Waals surface area contributed by atoms with Gasteiger partial charge in [-0.05, 0) is 24.6 Å². The number of benzene rings is 2. The third-order valence-corrected chi connectivity index (χ3v) is 5.78. The van der Waals surface area contributed by atoms with E-state index in [4.69, 9.17) is 32.1 Å². The molecule has 4 aromatic rings. The zero-order valence-electron chi connectivity index (χ0n) is 14.9. The summed E-state index contributed by atoms with van der Waals surface area (Å²) in [6, 6.07) is 15.2. The van der Waals surface area contributed by atoms with Crippen LogP contribution in [0, 0.1) is 6.92 Å². The van der Waals surface area contributed by atoms with Gasteiger partial charge in [0.15, 0.2) is 0 Å². The Balaban J connectivity index is 1.51. The van der Waals surface area contributed by atoms with E-state index in [0.717, 1.165) is 11.1 Å². The van der Waals surface area contributed by atoms with E-state index in [-0.39, 0.29) is 0 Å². The van der Waals surface area contributed by atoms with E-state index in [2.05, 4.69) is 15.4 Å². The van der Waals surface area contributed by atoms with Gasteiger partial charge in [0.1, 0.15) is 17.0 Å². The van der Waals surface area contributed by atoms with Crippen LogP contribution in [0.1, 0.15) is 17.2 Å². The molecule has 2 aromatic carbocycles. The van der Waals surface area contributed by atoms with Gasteiger partial charge in [0, 0.05) is 21.4 Å². The topological polar surface area (TPSA) is 65.0 Å². The van der Waals surface area contributed by atoms with E-state index in [1.165, 1.54) is 0 Å². The molecule has 0 N–H and O–H groups in total. The van der Waals surface area contributed by atoms with Crippen LogP contribution in [-0.4, -0.2) is 15.4 Å². The van der Waals surface area contributed by atoms with Crippen molar-refractivity contribution in [3.63, 3.8) is 0 Å². The van der Waals surface area contributed by atoms with E-state index in [1.807, 2.05) is 55.5 Å². The van der Waals surface area contributed by atoms with Crippen molar-refractivity contribution in [2.45, 2.75) is 18.4 Å². The standard InChI is InChI=1S/C20H15Cl2N3O2S/c1-12-18(19(25-27-12)13-6-3-2-4-7-13)20-24-23-17(26-20)11-28-10-14-15(21)8-5-9-16(14)22/h2-9H,10-11H2,1H3. The van der Waals surface area contributed by atoms with Crippen molar-refractivity contribution in [3.8, 4) is 22.7 Å². The summed E-state index contributed by atoms with van der Waals surface area (Å²) in [5.74, 6) is 2.73. The van der Waals surface area contributed by atoms with Gasteiger partial charge < -0.3 is 8.94 Å². The summed E-state index contributed by atoms with van der Waals surface area (Å²) in [7, 11) is 0. The summed E-state index contributed by atoms with van der Waals surface area (Å²) in [5, 5.41) is 13.8. The number of halogens is 2. The van der Waals surface area contributed by atoms with Crippen molar-refractivity contribution in [1.82, 2.24) is 15.4 Å². The highest BCUT2D eigenvalue weighted by Gasteiger charge is 2.21. The van der Waals surface area contributed by atoms with Gasteiger partial charge in [-0.2, -0.15) is 0 Å². The average molecular weight is 432 g/mol. The molecule has 0 fully saturated rings. The van der Waals surface area contributed by atoms with Crippen molar-refractivity contribution in [2.75, 3.05) is 0 Å². The first kappa shape index (κ1) is 19.1. The molecule has 0 aliphatic carbocycles. The molecule has 8 heteroatoms. The molecule has 2 heterocycles. The molecule has 2 aromatic heterocycles. The predicted octanol–water partition coefficient (Wildman–Crippen LogP) is 6.44. The first-order valence-electron chi connectivity index (χ1n) is 8.48. The molecule has 28 heavy (non-hydrogen) atoms. The van der Waals surface area contributed by atoms with Gasteiger partial charge in [-0.1, -0.05) is 64.8 Å². The maximum Gasteiger partial charge on any atom is 0.253 e. The monoisotopic (exact) mass is 431 g/mol. The third kappa shape index (κ3) is 3.94. The molecule has 5 nitrogen and oxygen atoms in total. The minimum absolute atomic E-state index is 0.393. The average Bonchev–Trinajstić information content (AvgIpc) is 3.31. The Bertz CT molecular complexity index is 1080. The quantitative estimate of drug-likeness (QED) is 0.349. The lowest BCUT2D eigenvalue weighted by molar-refractivity contribution is 0.399. The Morgan fingerprint density at radius 1 is 0.929 bits per heavy atom. The van der Waals surface area contributed by atoms with Gasteiger partial charge in [-0.15, -0.1) is 22.0 Å². The predicted molar refractivity (Wildman–Crippen MR) is 111 cm³/mol. The fourth-order valence-electron chi connectivity index (χ4n) is 2.74. The zero-order valence-corrected chi connectivity index (χ0v) is 17.2. The van der Waals surface area contributed by atoms with Crippen LogP contribution in [-0.2, 0) is 11.5 Å². The van der Waals surface area contributed by atoms with Gasteiger partial charge in [0.2, 0.25) is 5.89 Å². The van der Waals surface area contributed by atoms with Crippen LogP contribution in [0.5, 0.6) is 0 Å². The van der Waals surface area contributed by atoms with Crippen molar-refractivity contribution < 1.29 is 8.94 Å². The molecule has 0 amide bonds. The highest BCUT2D eigenvalue weighted by atomic mass is 35.5. The van der Waals surface area contributed by atoms with Crippen molar-refractivity contribution in [1.29, 1.82) is 0 Å². The Kier molecular flexibility index (Phi) is 5.71. The Labute approximate surface area is 176 Å². The molecule has 0 aliphatic rings. The molecule has 142 valence electrons. The van der Waals surface area contributed by atoms with Crippen LogP contribution in [0.25, 0.3) is 22.7 Å². The number of hydrogen-bond donors (Lipinski definition) is 0. The van der Waals surface area contributed by atoms with E-state index < -0.39 is 0 Å². The van der Waals surface area contributed by atoms with E-state index in [9.17, 15) is 0 Å². The molecular weight excluding hydrogens is 417 g/mol. The van der Waals surface area contributed by atoms with Crippen LogP contribution in [0.15, 0.2) is 57.5 Å². The second-order valence-corrected chi connectivity index (χ2v) is 7.82. The summed E-state index contributed by atoms with van der Waals surface area (Å²) in [6.07, 6.45) is 0. The number of rotatable bonds is 6. The molecule has 4 rings (SSSR count). The molecule has 0 saturated carbocycles. The van der Waals surface area contributed by atoms with Gasteiger partial charge >= 0.3 is 0 Å². The Hall–Kier alpha value is -2.28. The Morgan fingerprint density at radius 2 is 1.68 bits per heavy atom. The second-order valence-electron chi connectivity index (χ2n) is 6.02. The van der Waals surface area contributed by atoms with Gasteiger partial charge in [-0.25, -0.2) is 0 Å². The minimum atomic E-state index is 0.393. The highest BCUT2D eigenvalue weighted by molar-refractivity contribution is 7.97. The van der Waals surface area contributed by atoms with Crippen LogP contribution in [0.4, 0.5) is 0 Å². The molecular formula is C20H15Cl2N3O2S. The lowest BCUT2D eigenvalue weighted by Crippen LogP contribution is -1.86. The summed E-state index contributed by atoms with van der Waals surface area (Å²) >= 11 is 14.0. The number of nitrogens with zero attached hydrogens (tertiary/aromatic N) is 3. The van der Waals surface area contributed by atoms with Gasteiger partial charge in [-0.3, -0.25) is 0 Å². The van der Waals surface area contributed by atoms with Crippen LogP contribution in [0.2, 0.25) is 10.0 Å². The van der Waals surface area contributed by atoms with E-state index >= 15 is 0 Å². The second kappa shape index (κ2) is 8.39. The maximum atomic E-state index is 6.21. The highest BCUT2D eigenvalue weighted by Crippen LogP contribution is 2.34. The molecule has 0 bridgehead atoms. The first-order chi connectivity index (χ1) is 13.6. The van der Waals surface area contributed by atoms with Crippen molar-refractivity contribution in [3.05, 3.63) is 75.8 Å². The minimum Gasteiger partial charge on any atom is -0.420 e. The third-order valence-electron chi connectivity index (χ3n) is 4.12. The molecule has 0 spiro atoms. The smallest absolute Gasteiger partial charge is 0.253 e. The largest absolute Gasteiger partial charge is 0.420 e. The normalized spacial score (nSPS) is 11.1. The first-order valence-corrected chi connectivity index (χ1v) is 10.4. The van der Waals surface area contributed by atoms with Crippen LogP contribution in [0.3, 0.4) is 0 Å². The summed E-state index contributed by atoms with van der Waals surface area (Å²) in [6.45, 7) is 1.83. The number of thioether (sulfide) groups is 1. The molecule has 0 saturated heterocycles. The molecule has 0 aliphatic heterocycles. The van der Waals surface area contributed by atoms with Gasteiger partial charge in [0.05, 0.1) is 5.75 Å². The zero-order chi connectivity index (χ0) is 19.5. The van der Waals surface area contributed by atoms with Gasteiger partial charge in [0.25, 0.3) is 5.89 Å². The van der Waals surface area contributed by atoms with Crippen molar-refractivity contribution >= 4 is 35.0 Å². The lowest BCUT2D eigenvalue weighted by Gasteiger charge is -2.05. The molecule has 0 radical (unpaired) electrons. The fraction of sp³-hybridized carbons (Fsp3) is 0.150. The number of hydrogen-bond acceptors (Lipinski definition) is 6. The molecule has 0 unspecified atom stereocenters. The maximum absolute atomic E-state index is 6.21. The summed E-state index contributed by atoms with van der Waals surface area (Å²) in [4.78, 5) is 0. The number of aromatic nitrogens is 3. The Morgan fingerprint density at radius 3 is 2.43 bits per heavy atom. The van der Waals surface area contributed by atoms with Crippen LogP contribution >= 0.6 is 35.0 Å². The summed E-state index contributed by atoms with van der Waals surface area (Å²) in [5.41, 5.74) is 3.22. The van der Waals surface area contributed by atoms with E-state index in [1.54, 1.807) is 11.8 Å². The fourth-order valence-corrected chi connectivity index (χ4v) is 4.34. The lowest BCUT2D eigenvalue weighted by atomic mass is 10.1. The summed E-state index contributed by atoms with van der Waals surface area (Å²) < 4.78 is 11.2.